The summed E-state index contributed by atoms with van der Waals surface area (Å²) in [7, 11) is 1.49. The SMILES string of the molecule is COc1ccc(Cl)cc1C(=O)NCc1ccc(C(=O)c2ccco2)s1. The number of amides is 1. The van der Waals surface area contributed by atoms with Crippen LogP contribution in [0.2, 0.25) is 5.02 Å². The standard InChI is InChI=1S/C18H14ClNO4S/c1-23-14-6-4-11(19)9-13(14)18(22)20-10-12-5-7-16(25-12)17(21)15-3-2-8-24-15/h2-9H,10H2,1H3,(H,20,22). The zero-order valence-electron chi connectivity index (χ0n) is 13.2. The highest BCUT2D eigenvalue weighted by Gasteiger charge is 2.16. The Labute approximate surface area is 153 Å². The molecule has 3 aromatic rings. The highest BCUT2D eigenvalue weighted by atomic mass is 35.5. The van der Waals surface area contributed by atoms with Gasteiger partial charge < -0.3 is 14.5 Å². The highest BCUT2D eigenvalue weighted by Crippen LogP contribution is 2.23. The first-order valence-electron chi connectivity index (χ1n) is 7.37. The Morgan fingerprint density at radius 2 is 2.08 bits per heavy atom. The molecule has 0 spiro atoms. The predicted octanol–water partition coefficient (Wildman–Crippen LogP) is 4.16. The first kappa shape index (κ1) is 17.3. The average molecular weight is 376 g/mol. The second-order valence-electron chi connectivity index (χ2n) is 5.10. The smallest absolute Gasteiger partial charge is 0.255 e. The molecule has 0 aliphatic rings. The van der Waals surface area contributed by atoms with Crippen LogP contribution in [0.15, 0.2) is 53.1 Å². The number of halogens is 1. The quantitative estimate of drug-likeness (QED) is 0.657. The van der Waals surface area contributed by atoms with Gasteiger partial charge in [-0.25, -0.2) is 0 Å². The van der Waals surface area contributed by atoms with E-state index in [1.807, 2.05) is 0 Å². The summed E-state index contributed by atoms with van der Waals surface area (Å²) in [5.74, 6) is 0.263. The number of hydrogen-bond donors (Lipinski definition) is 1. The Kier molecular flexibility index (Phi) is 5.21. The summed E-state index contributed by atoms with van der Waals surface area (Å²) >= 11 is 7.25. The molecule has 1 aromatic carbocycles. The van der Waals surface area contributed by atoms with Crippen molar-refractivity contribution in [3.63, 3.8) is 0 Å². The summed E-state index contributed by atoms with van der Waals surface area (Å²) in [6.45, 7) is 0.296. The summed E-state index contributed by atoms with van der Waals surface area (Å²) in [5.41, 5.74) is 0.360. The number of benzene rings is 1. The van der Waals surface area contributed by atoms with Crippen LogP contribution in [0.4, 0.5) is 0 Å². The van der Waals surface area contributed by atoms with Gasteiger partial charge in [0.1, 0.15) is 5.75 Å². The first-order chi connectivity index (χ1) is 12.1. The molecule has 0 aliphatic heterocycles. The van der Waals surface area contributed by atoms with Crippen molar-refractivity contribution < 1.29 is 18.7 Å². The van der Waals surface area contributed by atoms with E-state index in [1.54, 1.807) is 42.5 Å². The van der Waals surface area contributed by atoms with E-state index >= 15 is 0 Å². The molecule has 1 N–H and O–H groups in total. The van der Waals surface area contributed by atoms with Gasteiger partial charge in [0.05, 0.1) is 30.4 Å². The summed E-state index contributed by atoms with van der Waals surface area (Å²) in [4.78, 5) is 26.0. The average Bonchev–Trinajstić information content (AvgIpc) is 3.31. The van der Waals surface area contributed by atoms with Gasteiger partial charge in [-0.3, -0.25) is 9.59 Å². The minimum absolute atomic E-state index is 0.177. The summed E-state index contributed by atoms with van der Waals surface area (Å²) in [6.07, 6.45) is 1.46. The third-order valence-corrected chi connectivity index (χ3v) is 4.78. The molecule has 0 unspecified atom stereocenters. The van der Waals surface area contributed by atoms with E-state index in [2.05, 4.69) is 5.32 Å². The molecular weight excluding hydrogens is 362 g/mol. The number of rotatable bonds is 6. The van der Waals surface area contributed by atoms with Crippen molar-refractivity contribution in [1.82, 2.24) is 5.32 Å². The van der Waals surface area contributed by atoms with Crippen LogP contribution in [0.25, 0.3) is 0 Å². The van der Waals surface area contributed by atoms with Crippen LogP contribution in [0.3, 0.4) is 0 Å². The Morgan fingerprint density at radius 1 is 1.24 bits per heavy atom. The van der Waals surface area contributed by atoms with Gasteiger partial charge in [-0.15, -0.1) is 11.3 Å². The van der Waals surface area contributed by atoms with Gasteiger partial charge in [-0.05, 0) is 42.5 Å². The van der Waals surface area contributed by atoms with Crippen LogP contribution in [-0.2, 0) is 6.54 Å². The molecular formula is C18H14ClNO4S. The van der Waals surface area contributed by atoms with Crippen LogP contribution in [0, 0.1) is 0 Å². The number of thiophene rings is 1. The lowest BCUT2D eigenvalue weighted by atomic mass is 10.2. The summed E-state index contributed by atoms with van der Waals surface area (Å²) in [6, 6.07) is 11.7. The fourth-order valence-electron chi connectivity index (χ4n) is 2.24. The predicted molar refractivity (Wildman–Crippen MR) is 95.6 cm³/mol. The number of methoxy groups -OCH3 is 1. The molecule has 0 saturated carbocycles. The zero-order chi connectivity index (χ0) is 17.8. The number of hydrogen-bond acceptors (Lipinski definition) is 5. The number of ether oxygens (including phenoxy) is 1. The van der Waals surface area contributed by atoms with E-state index < -0.39 is 0 Å². The fraction of sp³-hybridized carbons (Fsp3) is 0.111. The summed E-state index contributed by atoms with van der Waals surface area (Å²) < 4.78 is 10.3. The molecule has 2 aromatic heterocycles. The zero-order valence-corrected chi connectivity index (χ0v) is 14.8. The van der Waals surface area contributed by atoms with Gasteiger partial charge in [0.2, 0.25) is 5.78 Å². The van der Waals surface area contributed by atoms with Crippen molar-refractivity contribution >= 4 is 34.6 Å². The lowest BCUT2D eigenvalue weighted by Crippen LogP contribution is -2.22. The molecule has 0 bridgehead atoms. The molecule has 2 heterocycles. The molecule has 0 aliphatic carbocycles. The highest BCUT2D eigenvalue weighted by molar-refractivity contribution is 7.14. The van der Waals surface area contributed by atoms with Crippen molar-refractivity contribution in [2.45, 2.75) is 6.54 Å². The van der Waals surface area contributed by atoms with E-state index in [0.717, 1.165) is 4.88 Å². The Balaban J connectivity index is 1.67. The number of carbonyl (C=O) groups is 2. The number of carbonyl (C=O) groups excluding carboxylic acids is 2. The summed E-state index contributed by atoms with van der Waals surface area (Å²) in [5, 5.41) is 3.25. The molecule has 3 rings (SSSR count). The molecule has 5 nitrogen and oxygen atoms in total. The molecule has 7 heteroatoms. The van der Waals surface area contributed by atoms with E-state index in [4.69, 9.17) is 20.8 Å². The minimum Gasteiger partial charge on any atom is -0.496 e. The van der Waals surface area contributed by atoms with E-state index in [-0.39, 0.29) is 11.7 Å². The topological polar surface area (TPSA) is 68.5 Å². The monoisotopic (exact) mass is 375 g/mol. The van der Waals surface area contributed by atoms with Gasteiger partial charge >= 0.3 is 0 Å². The Morgan fingerprint density at radius 3 is 2.80 bits per heavy atom. The van der Waals surface area contributed by atoms with Crippen LogP contribution < -0.4 is 10.1 Å². The number of furan rings is 1. The molecule has 128 valence electrons. The maximum Gasteiger partial charge on any atom is 0.255 e. The van der Waals surface area contributed by atoms with Gasteiger partial charge in [0.25, 0.3) is 5.91 Å². The second-order valence-corrected chi connectivity index (χ2v) is 6.70. The fourth-order valence-corrected chi connectivity index (χ4v) is 3.31. The maximum atomic E-state index is 12.4. The van der Waals surface area contributed by atoms with Crippen molar-refractivity contribution in [1.29, 1.82) is 0 Å². The van der Waals surface area contributed by atoms with Gasteiger partial charge in [0, 0.05) is 9.90 Å². The Bertz CT molecular complexity index is 902. The van der Waals surface area contributed by atoms with Crippen LogP contribution in [0.1, 0.15) is 30.7 Å². The third kappa shape index (κ3) is 3.92. The molecule has 25 heavy (non-hydrogen) atoms. The molecule has 0 radical (unpaired) electrons. The van der Waals surface area contributed by atoms with E-state index in [0.29, 0.717) is 33.5 Å². The van der Waals surface area contributed by atoms with Crippen LogP contribution in [-0.4, -0.2) is 18.8 Å². The minimum atomic E-state index is -0.299. The van der Waals surface area contributed by atoms with E-state index in [1.165, 1.54) is 24.7 Å². The van der Waals surface area contributed by atoms with Crippen molar-refractivity contribution in [3.8, 4) is 5.75 Å². The molecule has 0 saturated heterocycles. The van der Waals surface area contributed by atoms with Crippen molar-refractivity contribution in [2.24, 2.45) is 0 Å². The maximum absolute atomic E-state index is 12.4. The lowest BCUT2D eigenvalue weighted by Gasteiger charge is -2.09. The first-order valence-corrected chi connectivity index (χ1v) is 8.56. The largest absolute Gasteiger partial charge is 0.496 e. The van der Waals surface area contributed by atoms with Gasteiger partial charge in [0.15, 0.2) is 5.76 Å². The van der Waals surface area contributed by atoms with Crippen LogP contribution >= 0.6 is 22.9 Å². The third-order valence-electron chi connectivity index (χ3n) is 3.46. The van der Waals surface area contributed by atoms with Gasteiger partial charge in [-0.2, -0.15) is 0 Å². The molecule has 1 amide bonds. The Hall–Kier alpha value is -2.57. The van der Waals surface area contributed by atoms with Crippen LogP contribution in [0.5, 0.6) is 5.75 Å². The number of nitrogens with one attached hydrogen (secondary N) is 1. The molecule has 0 atom stereocenters. The number of ketones is 1. The lowest BCUT2D eigenvalue weighted by molar-refractivity contribution is 0.0947. The van der Waals surface area contributed by atoms with Gasteiger partial charge in [-0.1, -0.05) is 11.6 Å². The second kappa shape index (κ2) is 7.55. The molecule has 0 fully saturated rings. The van der Waals surface area contributed by atoms with Crippen molar-refractivity contribution in [2.75, 3.05) is 7.11 Å². The van der Waals surface area contributed by atoms with Crippen molar-refractivity contribution in [3.05, 3.63) is 74.8 Å². The normalized spacial score (nSPS) is 10.5. The van der Waals surface area contributed by atoms with E-state index in [9.17, 15) is 9.59 Å².